The summed E-state index contributed by atoms with van der Waals surface area (Å²) in [6.45, 7) is 2.07. The quantitative estimate of drug-likeness (QED) is 0.319. The molecule has 0 saturated carbocycles. The van der Waals surface area contributed by atoms with Gasteiger partial charge in [0.05, 0.1) is 5.29 Å². The Kier molecular flexibility index (Phi) is 5.72. The molecule has 8 nitrogen and oxygen atoms in total. The van der Waals surface area contributed by atoms with Gasteiger partial charge in [0.1, 0.15) is 0 Å². The van der Waals surface area contributed by atoms with Crippen molar-refractivity contribution in [3.8, 4) is 0 Å². The first-order valence-corrected chi connectivity index (χ1v) is 4.88. The van der Waals surface area contributed by atoms with Crippen LogP contribution in [0.5, 0.6) is 0 Å². The third kappa shape index (κ3) is 3.58. The summed E-state index contributed by atoms with van der Waals surface area (Å²) in [5.41, 5.74) is 0. The summed E-state index contributed by atoms with van der Waals surface area (Å²) >= 11 is 0. The monoisotopic (exact) mass is 246 g/mol. The van der Waals surface area contributed by atoms with Crippen LogP contribution in [0.1, 0.15) is 0 Å². The predicted molar refractivity (Wildman–Crippen MR) is 56.8 cm³/mol. The maximum absolute atomic E-state index is 10.9. The molecule has 1 aromatic heterocycles. The molecule has 0 aliphatic carbocycles. The number of aromatic nitrogens is 2. The number of rotatable bonds is 3. The molecule has 2 heterocycles. The zero-order valence-electron chi connectivity index (χ0n) is 9.56. The second-order valence-corrected chi connectivity index (χ2v) is 3.32. The zero-order valence-corrected chi connectivity index (χ0v) is 11.6. The van der Waals surface area contributed by atoms with Crippen molar-refractivity contribution in [1.82, 2.24) is 20.3 Å². The third-order valence-corrected chi connectivity index (χ3v) is 2.40. The van der Waals surface area contributed by atoms with Gasteiger partial charge in [-0.25, -0.2) is 15.0 Å². The maximum Gasteiger partial charge on any atom is 1.00 e. The van der Waals surface area contributed by atoms with Crippen LogP contribution in [0.25, 0.3) is 0 Å². The van der Waals surface area contributed by atoms with E-state index in [-0.39, 0.29) is 34.8 Å². The summed E-state index contributed by atoms with van der Waals surface area (Å²) < 4.78 is 0. The fraction of sp³-hybridized carbons (Fsp3) is 0.500. The van der Waals surface area contributed by atoms with Crippen LogP contribution in [0, 0.1) is 10.1 Å². The van der Waals surface area contributed by atoms with Crippen LogP contribution in [-0.2, 0) is 0 Å². The second-order valence-electron chi connectivity index (χ2n) is 3.32. The summed E-state index contributed by atoms with van der Waals surface area (Å²) in [7, 11) is 0. The van der Waals surface area contributed by atoms with Crippen molar-refractivity contribution < 1.29 is 29.6 Å². The van der Waals surface area contributed by atoms with E-state index in [0.717, 1.165) is 0 Å². The molecule has 0 N–H and O–H groups in total. The largest absolute Gasteiger partial charge is 1.00 e. The number of nitrogens with zero attached hydrogens (tertiary/aromatic N) is 6. The minimum Gasteiger partial charge on any atom is -0.724 e. The van der Waals surface area contributed by atoms with E-state index in [0.29, 0.717) is 32.1 Å². The molecule has 0 radical (unpaired) electrons. The first-order valence-electron chi connectivity index (χ1n) is 4.88. The van der Waals surface area contributed by atoms with Gasteiger partial charge >= 0.3 is 29.6 Å². The van der Waals surface area contributed by atoms with Crippen LogP contribution in [0.4, 0.5) is 5.95 Å². The number of anilines is 1. The van der Waals surface area contributed by atoms with E-state index in [1.165, 1.54) is 5.01 Å². The Morgan fingerprint density at radius 1 is 1.24 bits per heavy atom. The van der Waals surface area contributed by atoms with E-state index in [1.54, 1.807) is 18.5 Å². The van der Waals surface area contributed by atoms with E-state index < -0.39 is 0 Å². The maximum atomic E-state index is 10.9. The molecule has 9 heteroatoms. The van der Waals surface area contributed by atoms with E-state index in [1.807, 2.05) is 4.90 Å². The van der Waals surface area contributed by atoms with Crippen LogP contribution < -0.4 is 34.5 Å². The van der Waals surface area contributed by atoms with Gasteiger partial charge in [0, 0.05) is 38.6 Å². The standard InChI is InChI=1S/C8H11N6O2.Na/c15-11-14(16)13-6-4-12(5-7-13)8-9-2-1-3-10-8;/h1-3H,4-7H2;/q-1;+1. The summed E-state index contributed by atoms with van der Waals surface area (Å²) in [6, 6.07) is 1.75. The van der Waals surface area contributed by atoms with Gasteiger partial charge < -0.3 is 10.1 Å². The van der Waals surface area contributed by atoms with Crippen molar-refractivity contribution >= 4 is 5.95 Å². The van der Waals surface area contributed by atoms with Gasteiger partial charge in [0.25, 0.3) is 0 Å². The van der Waals surface area contributed by atoms with Crippen molar-refractivity contribution in [2.24, 2.45) is 5.29 Å². The molecule has 0 amide bonds. The van der Waals surface area contributed by atoms with Gasteiger partial charge in [0.15, 0.2) is 0 Å². The average molecular weight is 246 g/mol. The van der Waals surface area contributed by atoms with E-state index in [4.69, 9.17) is 0 Å². The Labute approximate surface area is 120 Å². The van der Waals surface area contributed by atoms with E-state index >= 15 is 0 Å². The number of hydrazine groups is 1. The molecule has 0 bridgehead atoms. The number of nitroso groups, excluding NO2 is 1. The molecule has 1 saturated heterocycles. The normalized spacial score (nSPS) is 16.2. The van der Waals surface area contributed by atoms with Gasteiger partial charge in [-0.1, -0.05) is 0 Å². The molecule has 1 aromatic rings. The Balaban J connectivity index is 0.00000144. The van der Waals surface area contributed by atoms with Crippen molar-refractivity contribution in [3.05, 3.63) is 28.6 Å². The van der Waals surface area contributed by atoms with Crippen LogP contribution in [0.2, 0.25) is 0 Å². The molecular formula is C8H11N6NaO2. The number of hydrogen-bond donors (Lipinski definition) is 0. The van der Waals surface area contributed by atoms with Crippen LogP contribution in [-0.4, -0.2) is 46.4 Å². The molecular weight excluding hydrogens is 235 g/mol. The molecule has 2 rings (SSSR count). The van der Waals surface area contributed by atoms with Gasteiger partial charge in [-0.3, -0.25) is 5.28 Å². The topological polar surface area (TPSA) is 88.0 Å². The predicted octanol–water partition coefficient (Wildman–Crippen LogP) is -3.00. The minimum absolute atomic E-state index is 0. The Morgan fingerprint density at radius 2 is 1.82 bits per heavy atom. The van der Waals surface area contributed by atoms with Gasteiger partial charge in [0.2, 0.25) is 5.95 Å². The molecule has 0 aromatic carbocycles. The van der Waals surface area contributed by atoms with Gasteiger partial charge in [-0.15, -0.1) is 4.91 Å². The van der Waals surface area contributed by atoms with Gasteiger partial charge in [-0.05, 0) is 6.07 Å². The number of hydrogen-bond acceptors (Lipinski definition) is 7. The first kappa shape index (κ1) is 14.3. The molecule has 1 aliphatic heterocycles. The molecule has 86 valence electrons. The molecule has 1 fully saturated rings. The van der Waals surface area contributed by atoms with Gasteiger partial charge in [-0.2, -0.15) is 0 Å². The SMILES string of the molecule is O=NN([O-])N1CCN(c2ncccn2)CC1.[Na+]. The van der Waals surface area contributed by atoms with Crippen LogP contribution in [0.15, 0.2) is 23.7 Å². The van der Waals surface area contributed by atoms with Crippen molar-refractivity contribution in [2.45, 2.75) is 0 Å². The smallest absolute Gasteiger partial charge is 0.724 e. The van der Waals surface area contributed by atoms with Crippen LogP contribution >= 0.6 is 0 Å². The Hall–Kier alpha value is -0.800. The average Bonchev–Trinajstić information content (AvgIpc) is 2.39. The molecule has 0 spiro atoms. The number of piperazine rings is 1. The van der Waals surface area contributed by atoms with Crippen molar-refractivity contribution in [1.29, 1.82) is 0 Å². The Bertz CT molecular complexity index is 345. The van der Waals surface area contributed by atoms with Crippen molar-refractivity contribution in [3.63, 3.8) is 0 Å². The molecule has 17 heavy (non-hydrogen) atoms. The van der Waals surface area contributed by atoms with Crippen molar-refractivity contribution in [2.75, 3.05) is 31.1 Å². The Morgan fingerprint density at radius 3 is 2.35 bits per heavy atom. The molecule has 1 aliphatic rings. The summed E-state index contributed by atoms with van der Waals surface area (Å²) in [4.78, 5) is 20.2. The fourth-order valence-electron chi connectivity index (χ4n) is 1.57. The first-order chi connectivity index (χ1) is 7.81. The third-order valence-electron chi connectivity index (χ3n) is 2.40. The van der Waals surface area contributed by atoms with E-state index in [9.17, 15) is 10.1 Å². The molecule has 0 unspecified atom stereocenters. The van der Waals surface area contributed by atoms with Crippen LogP contribution in [0.3, 0.4) is 0 Å². The summed E-state index contributed by atoms with van der Waals surface area (Å²) in [5, 5.41) is 14.7. The summed E-state index contributed by atoms with van der Waals surface area (Å²) in [5.74, 6) is 0.638. The summed E-state index contributed by atoms with van der Waals surface area (Å²) in [6.07, 6.45) is 3.34. The zero-order chi connectivity index (χ0) is 11.4. The second kappa shape index (κ2) is 6.82. The van der Waals surface area contributed by atoms with E-state index in [2.05, 4.69) is 15.3 Å². The molecule has 0 atom stereocenters. The minimum atomic E-state index is 0. The fourth-order valence-corrected chi connectivity index (χ4v) is 1.57.